The van der Waals surface area contributed by atoms with Gasteiger partial charge < -0.3 is 24.3 Å². The molecule has 150 valence electrons. The van der Waals surface area contributed by atoms with Crippen LogP contribution in [0.5, 0.6) is 5.75 Å². The Balaban J connectivity index is 1.63. The van der Waals surface area contributed by atoms with Gasteiger partial charge in [0.15, 0.2) is 5.76 Å². The predicted octanol–water partition coefficient (Wildman–Crippen LogP) is 2.40. The number of aryl methyl sites for hydroxylation is 1. The van der Waals surface area contributed by atoms with E-state index in [4.69, 9.17) is 9.15 Å². The summed E-state index contributed by atoms with van der Waals surface area (Å²) < 4.78 is 10.4. The minimum absolute atomic E-state index is 0.0145. The molecule has 8 heteroatoms. The van der Waals surface area contributed by atoms with Gasteiger partial charge in [-0.1, -0.05) is 6.07 Å². The molecule has 8 nitrogen and oxygen atoms in total. The van der Waals surface area contributed by atoms with Gasteiger partial charge >= 0.3 is 0 Å². The highest BCUT2D eigenvalue weighted by atomic mass is 16.5. The molecule has 0 atom stereocenters. The van der Waals surface area contributed by atoms with E-state index in [-0.39, 0.29) is 11.5 Å². The van der Waals surface area contributed by atoms with Crippen LogP contribution in [0.3, 0.4) is 0 Å². The Hall–Kier alpha value is -3.73. The lowest BCUT2D eigenvalue weighted by Gasteiger charge is -2.33. The molecule has 1 saturated heterocycles. The molecule has 1 aromatic heterocycles. The van der Waals surface area contributed by atoms with Crippen molar-refractivity contribution in [1.29, 1.82) is 5.26 Å². The van der Waals surface area contributed by atoms with Gasteiger partial charge in [-0.25, -0.2) is 0 Å². The monoisotopic (exact) mass is 394 g/mol. The second-order valence-electron chi connectivity index (χ2n) is 6.62. The van der Waals surface area contributed by atoms with E-state index in [2.05, 4.69) is 5.32 Å². The Morgan fingerprint density at radius 3 is 2.62 bits per heavy atom. The van der Waals surface area contributed by atoms with E-state index >= 15 is 0 Å². The standard InChI is InChI=1S/C21H22N4O4/c1-15-5-6-18(28-2)17(12-15)23-20(26)16(13-22)14-24-7-9-25(10-8-24)21(27)19-4-3-11-29-19/h3-6,11-12,14H,7-10H2,1-2H3,(H,23,26)/b16-14-. The smallest absolute Gasteiger partial charge is 0.289 e. The minimum Gasteiger partial charge on any atom is -0.495 e. The van der Waals surface area contributed by atoms with Crippen molar-refractivity contribution in [2.45, 2.75) is 6.92 Å². The van der Waals surface area contributed by atoms with Gasteiger partial charge in [-0.2, -0.15) is 5.26 Å². The van der Waals surface area contributed by atoms with Crippen molar-refractivity contribution in [1.82, 2.24) is 9.80 Å². The molecule has 2 heterocycles. The molecule has 0 unspecified atom stereocenters. The van der Waals surface area contributed by atoms with Crippen molar-refractivity contribution in [2.75, 3.05) is 38.6 Å². The molecule has 1 N–H and O–H groups in total. The summed E-state index contributed by atoms with van der Waals surface area (Å²) in [5.74, 6) is 0.151. The van der Waals surface area contributed by atoms with E-state index in [1.165, 1.54) is 19.6 Å². The van der Waals surface area contributed by atoms with Crippen LogP contribution < -0.4 is 10.1 Å². The number of nitrogens with zero attached hydrogens (tertiary/aromatic N) is 3. The van der Waals surface area contributed by atoms with Gasteiger partial charge in [0.25, 0.3) is 11.8 Å². The van der Waals surface area contributed by atoms with Gasteiger partial charge in [-0.05, 0) is 36.8 Å². The Morgan fingerprint density at radius 2 is 2.00 bits per heavy atom. The number of nitrogens with one attached hydrogen (secondary N) is 1. The topological polar surface area (TPSA) is 98.8 Å². The molecule has 1 aromatic carbocycles. The Morgan fingerprint density at radius 1 is 1.24 bits per heavy atom. The van der Waals surface area contributed by atoms with Gasteiger partial charge in [0.1, 0.15) is 17.4 Å². The van der Waals surface area contributed by atoms with Crippen molar-refractivity contribution in [3.63, 3.8) is 0 Å². The van der Waals surface area contributed by atoms with Crippen molar-refractivity contribution in [2.24, 2.45) is 0 Å². The second-order valence-corrected chi connectivity index (χ2v) is 6.62. The summed E-state index contributed by atoms with van der Waals surface area (Å²) in [5.41, 5.74) is 1.45. The summed E-state index contributed by atoms with van der Waals surface area (Å²) in [5, 5.41) is 12.2. The van der Waals surface area contributed by atoms with Crippen LogP contribution >= 0.6 is 0 Å². The summed E-state index contributed by atoms with van der Waals surface area (Å²) in [6, 6.07) is 10.7. The number of furan rings is 1. The maximum Gasteiger partial charge on any atom is 0.289 e. The maximum atomic E-state index is 12.6. The molecule has 0 saturated carbocycles. The zero-order valence-electron chi connectivity index (χ0n) is 16.3. The number of hydrogen-bond donors (Lipinski definition) is 1. The molecular formula is C21H22N4O4. The molecule has 0 spiro atoms. The molecular weight excluding hydrogens is 372 g/mol. The number of carbonyl (C=O) groups is 2. The highest BCUT2D eigenvalue weighted by molar-refractivity contribution is 6.07. The van der Waals surface area contributed by atoms with E-state index in [9.17, 15) is 14.9 Å². The number of nitriles is 1. The highest BCUT2D eigenvalue weighted by Crippen LogP contribution is 2.25. The van der Waals surface area contributed by atoms with Gasteiger partial charge in [-0.3, -0.25) is 9.59 Å². The number of piperazine rings is 1. The van der Waals surface area contributed by atoms with Crippen LogP contribution in [-0.2, 0) is 4.79 Å². The lowest BCUT2D eigenvalue weighted by molar-refractivity contribution is -0.112. The quantitative estimate of drug-likeness (QED) is 0.618. The first-order valence-corrected chi connectivity index (χ1v) is 9.16. The number of rotatable bonds is 5. The first-order valence-electron chi connectivity index (χ1n) is 9.16. The number of ether oxygens (including phenoxy) is 1. The first kappa shape index (κ1) is 20.0. The summed E-state index contributed by atoms with van der Waals surface area (Å²) in [6.07, 6.45) is 3.00. The van der Waals surface area contributed by atoms with E-state index in [0.717, 1.165) is 5.56 Å². The molecule has 0 bridgehead atoms. The highest BCUT2D eigenvalue weighted by Gasteiger charge is 2.23. The Bertz CT molecular complexity index is 952. The average molecular weight is 394 g/mol. The van der Waals surface area contributed by atoms with Gasteiger partial charge in [0.2, 0.25) is 0 Å². The van der Waals surface area contributed by atoms with Crippen molar-refractivity contribution in [3.8, 4) is 11.8 Å². The summed E-state index contributed by atoms with van der Waals surface area (Å²) >= 11 is 0. The number of methoxy groups -OCH3 is 1. The third-order valence-electron chi connectivity index (χ3n) is 4.61. The molecule has 2 aromatic rings. The van der Waals surface area contributed by atoms with Crippen molar-refractivity contribution < 1.29 is 18.7 Å². The number of carbonyl (C=O) groups excluding carboxylic acids is 2. The normalized spacial score (nSPS) is 14.3. The number of amides is 2. The van der Waals surface area contributed by atoms with E-state index in [0.29, 0.717) is 43.4 Å². The van der Waals surface area contributed by atoms with E-state index in [1.54, 1.807) is 29.2 Å². The zero-order valence-corrected chi connectivity index (χ0v) is 16.3. The Labute approximate surface area is 169 Å². The average Bonchev–Trinajstić information content (AvgIpc) is 3.27. The van der Waals surface area contributed by atoms with Crippen LogP contribution in [0.1, 0.15) is 16.1 Å². The summed E-state index contributed by atoms with van der Waals surface area (Å²) in [6.45, 7) is 3.88. The van der Waals surface area contributed by atoms with Gasteiger partial charge in [0.05, 0.1) is 19.1 Å². The van der Waals surface area contributed by atoms with Crippen molar-refractivity contribution >= 4 is 17.5 Å². The molecule has 3 rings (SSSR count). The van der Waals surface area contributed by atoms with Crippen LogP contribution in [-0.4, -0.2) is 54.9 Å². The van der Waals surface area contributed by atoms with Crippen LogP contribution in [0.15, 0.2) is 52.8 Å². The fraction of sp³-hybridized carbons (Fsp3) is 0.286. The third kappa shape index (κ3) is 4.76. The van der Waals surface area contributed by atoms with Crippen LogP contribution in [0.2, 0.25) is 0 Å². The second kappa shape index (κ2) is 8.97. The fourth-order valence-electron chi connectivity index (χ4n) is 3.04. The first-order chi connectivity index (χ1) is 14.0. The molecule has 29 heavy (non-hydrogen) atoms. The lowest BCUT2D eigenvalue weighted by atomic mass is 10.2. The van der Waals surface area contributed by atoms with Crippen LogP contribution in [0.25, 0.3) is 0 Å². The van der Waals surface area contributed by atoms with Crippen molar-refractivity contribution in [3.05, 3.63) is 59.7 Å². The minimum atomic E-state index is -0.509. The Kier molecular flexibility index (Phi) is 6.19. The molecule has 1 aliphatic heterocycles. The van der Waals surface area contributed by atoms with E-state index < -0.39 is 5.91 Å². The molecule has 1 fully saturated rings. The third-order valence-corrected chi connectivity index (χ3v) is 4.61. The number of hydrogen-bond acceptors (Lipinski definition) is 6. The molecule has 1 aliphatic rings. The van der Waals surface area contributed by atoms with Crippen LogP contribution in [0.4, 0.5) is 5.69 Å². The number of anilines is 1. The van der Waals surface area contributed by atoms with Gasteiger partial charge in [-0.15, -0.1) is 0 Å². The van der Waals surface area contributed by atoms with Gasteiger partial charge in [0, 0.05) is 32.4 Å². The fourth-order valence-corrected chi connectivity index (χ4v) is 3.04. The number of benzene rings is 1. The molecule has 2 amide bonds. The zero-order chi connectivity index (χ0) is 20.8. The molecule has 0 radical (unpaired) electrons. The van der Waals surface area contributed by atoms with Crippen LogP contribution in [0, 0.1) is 18.3 Å². The largest absolute Gasteiger partial charge is 0.495 e. The lowest BCUT2D eigenvalue weighted by Crippen LogP contribution is -2.47. The van der Waals surface area contributed by atoms with E-state index in [1.807, 2.05) is 24.0 Å². The predicted molar refractivity (Wildman–Crippen MR) is 106 cm³/mol. The maximum absolute atomic E-state index is 12.6. The SMILES string of the molecule is COc1ccc(C)cc1NC(=O)/C(C#N)=C\N1CCN(C(=O)c2ccco2)CC1. The molecule has 0 aliphatic carbocycles. The summed E-state index contributed by atoms with van der Waals surface area (Å²) in [7, 11) is 1.52. The summed E-state index contributed by atoms with van der Waals surface area (Å²) in [4.78, 5) is 28.4.